The molecule has 0 bridgehead atoms. The zero-order valence-corrected chi connectivity index (χ0v) is 11.9. The fourth-order valence-electron chi connectivity index (χ4n) is 2.19. The minimum atomic E-state index is -0.0223. The molecule has 1 aromatic carbocycles. The largest absolute Gasteiger partial charge is 0.350 e. The monoisotopic (exact) mass is 282 g/mol. The average molecular weight is 282 g/mol. The Morgan fingerprint density at radius 2 is 2.11 bits per heavy atom. The van der Waals surface area contributed by atoms with Gasteiger partial charge in [0.25, 0.3) is 4.34 Å². The highest BCUT2D eigenvalue weighted by Crippen LogP contribution is 2.26. The number of ether oxygens (including phenoxy) is 2. The van der Waals surface area contributed by atoms with E-state index in [9.17, 15) is 0 Å². The van der Waals surface area contributed by atoms with E-state index in [2.05, 4.69) is 35.1 Å². The van der Waals surface area contributed by atoms with Gasteiger partial charge in [-0.3, -0.25) is 0 Å². The van der Waals surface area contributed by atoms with Crippen molar-refractivity contribution in [2.75, 3.05) is 19.5 Å². The molecular weight excluding hydrogens is 266 g/mol. The van der Waals surface area contributed by atoms with Crippen molar-refractivity contribution in [2.45, 2.75) is 23.6 Å². The first-order chi connectivity index (χ1) is 8.88. The number of nitrogens with zero attached hydrogens (tertiary/aromatic N) is 1. The van der Waals surface area contributed by atoms with Crippen molar-refractivity contribution in [3.05, 3.63) is 24.3 Å². The maximum absolute atomic E-state index is 5.50. The SMILES string of the molecule is CSc1sc2ccccc2[n+]1CCC1OCCO1. The summed E-state index contributed by atoms with van der Waals surface area (Å²) in [5, 5.41) is 0. The van der Waals surface area contributed by atoms with Gasteiger partial charge in [0, 0.05) is 6.07 Å². The topological polar surface area (TPSA) is 22.3 Å². The van der Waals surface area contributed by atoms with Crippen LogP contribution in [0.4, 0.5) is 0 Å². The highest BCUT2D eigenvalue weighted by molar-refractivity contribution is 8.00. The lowest BCUT2D eigenvalue weighted by Gasteiger charge is -2.05. The fourth-order valence-corrected chi connectivity index (χ4v) is 4.12. The maximum atomic E-state index is 5.50. The number of rotatable bonds is 4. The number of hydrogen-bond donors (Lipinski definition) is 0. The van der Waals surface area contributed by atoms with Crippen LogP contribution in [0.3, 0.4) is 0 Å². The molecule has 3 nitrogen and oxygen atoms in total. The van der Waals surface area contributed by atoms with Gasteiger partial charge in [-0.2, -0.15) is 4.57 Å². The molecule has 0 radical (unpaired) electrons. The summed E-state index contributed by atoms with van der Waals surface area (Å²) in [6, 6.07) is 8.55. The van der Waals surface area contributed by atoms with Crippen LogP contribution in [0.1, 0.15) is 6.42 Å². The molecule has 3 rings (SSSR count). The van der Waals surface area contributed by atoms with Gasteiger partial charge >= 0.3 is 0 Å². The van der Waals surface area contributed by atoms with E-state index in [1.54, 1.807) is 11.8 Å². The maximum Gasteiger partial charge on any atom is 0.298 e. The van der Waals surface area contributed by atoms with Crippen LogP contribution in [0, 0.1) is 0 Å². The third kappa shape index (κ3) is 2.40. The lowest BCUT2D eigenvalue weighted by atomic mass is 10.3. The molecule has 5 heteroatoms. The molecule has 1 fully saturated rings. The lowest BCUT2D eigenvalue weighted by molar-refractivity contribution is -0.703. The number of thioether (sulfide) groups is 1. The summed E-state index contributed by atoms with van der Waals surface area (Å²) in [5.41, 5.74) is 1.31. The Balaban J connectivity index is 1.84. The van der Waals surface area contributed by atoms with E-state index in [4.69, 9.17) is 9.47 Å². The predicted octanol–water partition coefficient (Wildman–Crippen LogP) is 2.67. The molecule has 0 N–H and O–H groups in total. The summed E-state index contributed by atoms with van der Waals surface area (Å²) in [6.45, 7) is 2.41. The van der Waals surface area contributed by atoms with Crippen molar-refractivity contribution in [3.63, 3.8) is 0 Å². The van der Waals surface area contributed by atoms with E-state index in [0.29, 0.717) is 0 Å². The van der Waals surface area contributed by atoms with Crippen molar-refractivity contribution in [2.24, 2.45) is 0 Å². The quantitative estimate of drug-likeness (QED) is 0.636. The van der Waals surface area contributed by atoms with Crippen molar-refractivity contribution < 1.29 is 14.0 Å². The van der Waals surface area contributed by atoms with E-state index < -0.39 is 0 Å². The number of aryl methyl sites for hydroxylation is 1. The van der Waals surface area contributed by atoms with Gasteiger partial charge in [0.1, 0.15) is 4.70 Å². The van der Waals surface area contributed by atoms with E-state index in [0.717, 1.165) is 26.2 Å². The Hall–Kier alpha value is -0.620. The van der Waals surface area contributed by atoms with Gasteiger partial charge in [-0.25, -0.2) is 0 Å². The number of hydrogen-bond acceptors (Lipinski definition) is 4. The van der Waals surface area contributed by atoms with E-state index in [1.165, 1.54) is 14.6 Å². The molecule has 0 saturated carbocycles. The molecule has 2 aromatic rings. The molecule has 2 heterocycles. The number of thiazole rings is 1. The third-order valence-corrected chi connectivity index (χ3v) is 5.31. The van der Waals surface area contributed by atoms with Crippen LogP contribution in [0.25, 0.3) is 10.2 Å². The van der Waals surface area contributed by atoms with Crippen molar-refractivity contribution in [3.8, 4) is 0 Å². The summed E-state index contributed by atoms with van der Waals surface area (Å²) in [7, 11) is 0. The molecule has 96 valence electrons. The van der Waals surface area contributed by atoms with Gasteiger partial charge in [0.15, 0.2) is 12.8 Å². The average Bonchev–Trinajstić information content (AvgIpc) is 3.03. The molecule has 1 saturated heterocycles. The van der Waals surface area contributed by atoms with Crippen LogP contribution < -0.4 is 4.57 Å². The molecule has 1 aliphatic heterocycles. The van der Waals surface area contributed by atoms with E-state index in [1.807, 2.05) is 11.3 Å². The second-order valence-electron chi connectivity index (χ2n) is 4.15. The van der Waals surface area contributed by atoms with Gasteiger partial charge in [-0.1, -0.05) is 23.5 Å². The zero-order valence-electron chi connectivity index (χ0n) is 10.3. The second-order valence-corrected chi connectivity index (χ2v) is 6.24. The standard InChI is InChI=1S/C13H16NO2S2/c1-17-13-14(7-6-12-15-8-9-16-12)10-4-2-3-5-11(10)18-13/h2-5,12H,6-9H2,1H3/q+1. The smallest absolute Gasteiger partial charge is 0.298 e. The first-order valence-electron chi connectivity index (χ1n) is 6.07. The third-order valence-electron chi connectivity index (χ3n) is 3.03. The van der Waals surface area contributed by atoms with Crippen molar-refractivity contribution >= 4 is 33.3 Å². The van der Waals surface area contributed by atoms with Crippen LogP contribution in [0.15, 0.2) is 28.6 Å². The molecule has 0 amide bonds. The number of para-hydroxylation sites is 1. The van der Waals surface area contributed by atoms with Gasteiger partial charge < -0.3 is 9.47 Å². The Morgan fingerprint density at radius 3 is 2.89 bits per heavy atom. The van der Waals surface area contributed by atoms with Crippen LogP contribution in [0.5, 0.6) is 0 Å². The second kappa shape index (κ2) is 5.57. The van der Waals surface area contributed by atoms with Gasteiger partial charge in [-0.15, -0.1) is 0 Å². The fraction of sp³-hybridized carbons (Fsp3) is 0.462. The van der Waals surface area contributed by atoms with Gasteiger partial charge in [0.2, 0.25) is 5.52 Å². The first-order valence-corrected chi connectivity index (χ1v) is 8.11. The molecule has 1 aliphatic rings. The summed E-state index contributed by atoms with van der Waals surface area (Å²) in [6.07, 6.45) is 3.02. The highest BCUT2D eigenvalue weighted by Gasteiger charge is 2.23. The zero-order chi connectivity index (χ0) is 12.4. The molecular formula is C13H16NO2S2+. The Morgan fingerprint density at radius 1 is 1.33 bits per heavy atom. The summed E-state index contributed by atoms with van der Waals surface area (Å²) in [5.74, 6) is 0. The van der Waals surface area contributed by atoms with Crippen LogP contribution in [0.2, 0.25) is 0 Å². The van der Waals surface area contributed by atoms with Crippen molar-refractivity contribution in [1.29, 1.82) is 0 Å². The molecule has 0 unspecified atom stereocenters. The minimum absolute atomic E-state index is 0.0223. The van der Waals surface area contributed by atoms with Crippen LogP contribution >= 0.6 is 23.1 Å². The molecule has 0 spiro atoms. The van der Waals surface area contributed by atoms with Gasteiger partial charge in [-0.05, 0) is 24.1 Å². The number of aromatic nitrogens is 1. The predicted molar refractivity (Wildman–Crippen MR) is 74.1 cm³/mol. The molecule has 0 aliphatic carbocycles. The summed E-state index contributed by atoms with van der Waals surface area (Å²) < 4.78 is 16.1. The highest BCUT2D eigenvalue weighted by atomic mass is 32.2. The normalized spacial score (nSPS) is 16.7. The Labute approximate surface area is 115 Å². The first kappa shape index (κ1) is 12.4. The lowest BCUT2D eigenvalue weighted by Crippen LogP contribution is -2.36. The molecule has 18 heavy (non-hydrogen) atoms. The van der Waals surface area contributed by atoms with Crippen LogP contribution in [-0.4, -0.2) is 25.8 Å². The van der Waals surface area contributed by atoms with E-state index >= 15 is 0 Å². The van der Waals surface area contributed by atoms with Crippen LogP contribution in [-0.2, 0) is 16.0 Å². The van der Waals surface area contributed by atoms with Gasteiger partial charge in [0.05, 0.1) is 19.6 Å². The summed E-state index contributed by atoms with van der Waals surface area (Å²) >= 11 is 3.65. The number of fused-ring (bicyclic) bond motifs is 1. The number of benzene rings is 1. The summed E-state index contributed by atoms with van der Waals surface area (Å²) in [4.78, 5) is 0. The Bertz CT molecular complexity index is 535. The molecule has 0 atom stereocenters. The minimum Gasteiger partial charge on any atom is -0.350 e. The molecule has 1 aromatic heterocycles. The van der Waals surface area contributed by atoms with E-state index in [-0.39, 0.29) is 6.29 Å². The Kier molecular flexibility index (Phi) is 3.84. The van der Waals surface area contributed by atoms with Crippen molar-refractivity contribution in [1.82, 2.24) is 0 Å².